The van der Waals surface area contributed by atoms with Crippen molar-refractivity contribution in [2.24, 2.45) is 0 Å². The Morgan fingerprint density at radius 2 is 1.94 bits per heavy atom. The largest absolute Gasteiger partial charge is 0.381 e. The number of amides is 1. The molecule has 2 saturated heterocycles. The molecule has 2 heterocycles. The van der Waals surface area contributed by atoms with Gasteiger partial charge in [0, 0.05) is 45.3 Å². The fraction of sp³-hybridized carbons (Fsp3) is 0.917. The van der Waals surface area contributed by atoms with Gasteiger partial charge in [-0.1, -0.05) is 6.92 Å². The number of likely N-dealkylation sites (N-methyl/N-ethyl adjacent to an activating group) is 1. The predicted octanol–water partition coefficient (Wildman–Crippen LogP) is 0.718. The van der Waals surface area contributed by atoms with Crippen molar-refractivity contribution >= 4 is 5.91 Å². The number of carbonyl (C=O) groups excluding carboxylic acids is 1. The molecule has 0 unspecified atom stereocenters. The quantitative estimate of drug-likeness (QED) is 0.711. The molecule has 2 aliphatic heterocycles. The van der Waals surface area contributed by atoms with Crippen LogP contribution in [0.4, 0.5) is 0 Å². The van der Waals surface area contributed by atoms with Crippen LogP contribution in [0.5, 0.6) is 0 Å². The molecule has 0 aliphatic carbocycles. The van der Waals surface area contributed by atoms with Crippen molar-refractivity contribution in [1.82, 2.24) is 9.80 Å². The molecule has 4 heteroatoms. The minimum atomic E-state index is 0.208. The maximum absolute atomic E-state index is 11.1. The minimum absolute atomic E-state index is 0.208. The maximum Gasteiger partial charge on any atom is 0.219 e. The van der Waals surface area contributed by atoms with Crippen LogP contribution >= 0.6 is 0 Å². The number of carbonyl (C=O) groups is 1. The Bertz CT molecular complexity index is 245. The van der Waals surface area contributed by atoms with Crippen LogP contribution in [0.1, 0.15) is 26.7 Å². The molecule has 0 aromatic carbocycles. The monoisotopic (exact) mass is 226 g/mol. The summed E-state index contributed by atoms with van der Waals surface area (Å²) in [5, 5.41) is 0. The molecule has 0 atom stereocenters. The van der Waals surface area contributed by atoms with E-state index in [0.717, 1.165) is 45.7 Å². The molecule has 0 spiro atoms. The van der Waals surface area contributed by atoms with E-state index in [-0.39, 0.29) is 5.91 Å². The van der Waals surface area contributed by atoms with E-state index in [1.807, 2.05) is 4.90 Å². The SMILES string of the molecule is CCN(C1CCOCC1)C1CN(C(C)=O)C1. The molecule has 2 rings (SSSR count). The molecule has 92 valence electrons. The molecule has 0 radical (unpaired) electrons. The first-order valence-corrected chi connectivity index (χ1v) is 6.31. The molecule has 0 saturated carbocycles. The van der Waals surface area contributed by atoms with E-state index in [9.17, 15) is 4.79 Å². The van der Waals surface area contributed by atoms with Crippen molar-refractivity contribution in [2.45, 2.75) is 38.8 Å². The van der Waals surface area contributed by atoms with Crippen molar-refractivity contribution in [2.75, 3.05) is 32.8 Å². The standard InChI is InChI=1S/C12H22N2O2/c1-3-14(11-4-6-16-7-5-11)12-8-13(9-12)10(2)15/h11-12H,3-9H2,1-2H3. The lowest BCUT2D eigenvalue weighted by molar-refractivity contribution is -0.137. The van der Waals surface area contributed by atoms with E-state index >= 15 is 0 Å². The Labute approximate surface area is 97.5 Å². The zero-order valence-corrected chi connectivity index (χ0v) is 10.3. The number of rotatable bonds is 3. The van der Waals surface area contributed by atoms with Crippen LogP contribution in [0, 0.1) is 0 Å². The lowest BCUT2D eigenvalue weighted by Gasteiger charge is -2.48. The van der Waals surface area contributed by atoms with E-state index in [2.05, 4.69) is 11.8 Å². The normalized spacial score (nSPS) is 23.6. The molecule has 0 bridgehead atoms. The highest BCUT2D eigenvalue weighted by atomic mass is 16.5. The fourth-order valence-corrected chi connectivity index (χ4v) is 2.75. The molecule has 0 N–H and O–H groups in total. The third kappa shape index (κ3) is 2.38. The van der Waals surface area contributed by atoms with Crippen molar-refractivity contribution in [1.29, 1.82) is 0 Å². The zero-order chi connectivity index (χ0) is 11.5. The second kappa shape index (κ2) is 5.15. The van der Waals surface area contributed by atoms with Crippen molar-refractivity contribution in [3.63, 3.8) is 0 Å². The van der Waals surface area contributed by atoms with E-state index < -0.39 is 0 Å². The van der Waals surface area contributed by atoms with Gasteiger partial charge in [-0.3, -0.25) is 9.69 Å². The van der Waals surface area contributed by atoms with Gasteiger partial charge in [-0.15, -0.1) is 0 Å². The lowest BCUT2D eigenvalue weighted by Crippen LogP contribution is -2.63. The van der Waals surface area contributed by atoms with Gasteiger partial charge in [0.05, 0.1) is 0 Å². The van der Waals surface area contributed by atoms with Gasteiger partial charge in [0.1, 0.15) is 0 Å². The molecule has 0 aromatic heterocycles. The van der Waals surface area contributed by atoms with Crippen molar-refractivity contribution in [3.8, 4) is 0 Å². The van der Waals surface area contributed by atoms with Crippen LogP contribution in [-0.2, 0) is 9.53 Å². The molecular weight excluding hydrogens is 204 g/mol. The van der Waals surface area contributed by atoms with Gasteiger partial charge < -0.3 is 9.64 Å². The van der Waals surface area contributed by atoms with Gasteiger partial charge in [-0.05, 0) is 19.4 Å². The summed E-state index contributed by atoms with van der Waals surface area (Å²) in [6.07, 6.45) is 2.29. The van der Waals surface area contributed by atoms with E-state index in [0.29, 0.717) is 12.1 Å². The summed E-state index contributed by atoms with van der Waals surface area (Å²) in [6.45, 7) is 8.57. The average Bonchev–Trinajstić information content (AvgIpc) is 2.23. The third-order valence-corrected chi connectivity index (χ3v) is 3.80. The van der Waals surface area contributed by atoms with Gasteiger partial charge in [0.2, 0.25) is 5.91 Å². The molecule has 2 fully saturated rings. The number of ether oxygens (including phenoxy) is 1. The topological polar surface area (TPSA) is 32.8 Å². The second-order valence-electron chi connectivity index (χ2n) is 4.75. The van der Waals surface area contributed by atoms with Crippen molar-refractivity contribution < 1.29 is 9.53 Å². The zero-order valence-electron chi connectivity index (χ0n) is 10.3. The van der Waals surface area contributed by atoms with Crippen LogP contribution in [0.15, 0.2) is 0 Å². The van der Waals surface area contributed by atoms with Gasteiger partial charge in [-0.25, -0.2) is 0 Å². The van der Waals surface area contributed by atoms with Gasteiger partial charge >= 0.3 is 0 Å². The summed E-state index contributed by atoms with van der Waals surface area (Å²) in [4.78, 5) is 15.6. The highest BCUT2D eigenvalue weighted by Gasteiger charge is 2.36. The number of nitrogens with zero attached hydrogens (tertiary/aromatic N) is 2. The Hall–Kier alpha value is -0.610. The Morgan fingerprint density at radius 3 is 2.44 bits per heavy atom. The van der Waals surface area contributed by atoms with E-state index in [4.69, 9.17) is 4.74 Å². The summed E-state index contributed by atoms with van der Waals surface area (Å²) in [5.41, 5.74) is 0. The predicted molar refractivity (Wildman–Crippen MR) is 62.3 cm³/mol. The van der Waals surface area contributed by atoms with Gasteiger partial charge in [0.15, 0.2) is 0 Å². The molecule has 0 aromatic rings. The van der Waals surface area contributed by atoms with Crippen LogP contribution in [0.3, 0.4) is 0 Å². The summed E-state index contributed by atoms with van der Waals surface area (Å²) in [5.74, 6) is 0.208. The summed E-state index contributed by atoms with van der Waals surface area (Å²) in [7, 11) is 0. The first-order valence-electron chi connectivity index (χ1n) is 6.31. The third-order valence-electron chi connectivity index (χ3n) is 3.80. The Morgan fingerprint density at radius 1 is 1.31 bits per heavy atom. The molecule has 16 heavy (non-hydrogen) atoms. The van der Waals surface area contributed by atoms with Crippen LogP contribution in [0.2, 0.25) is 0 Å². The second-order valence-corrected chi connectivity index (χ2v) is 4.75. The van der Waals surface area contributed by atoms with Crippen LogP contribution in [0.25, 0.3) is 0 Å². The van der Waals surface area contributed by atoms with Gasteiger partial charge in [-0.2, -0.15) is 0 Å². The van der Waals surface area contributed by atoms with E-state index in [1.54, 1.807) is 6.92 Å². The minimum Gasteiger partial charge on any atom is -0.381 e. The van der Waals surface area contributed by atoms with Crippen LogP contribution in [-0.4, -0.2) is 60.6 Å². The van der Waals surface area contributed by atoms with Gasteiger partial charge in [0.25, 0.3) is 0 Å². The lowest BCUT2D eigenvalue weighted by atomic mass is 10.00. The number of hydrogen-bond acceptors (Lipinski definition) is 3. The van der Waals surface area contributed by atoms with Crippen LogP contribution < -0.4 is 0 Å². The first-order chi connectivity index (χ1) is 7.72. The number of hydrogen-bond donors (Lipinski definition) is 0. The fourth-order valence-electron chi connectivity index (χ4n) is 2.75. The Kier molecular flexibility index (Phi) is 3.82. The maximum atomic E-state index is 11.1. The van der Waals surface area contributed by atoms with Crippen molar-refractivity contribution in [3.05, 3.63) is 0 Å². The van der Waals surface area contributed by atoms with E-state index in [1.165, 1.54) is 0 Å². The average molecular weight is 226 g/mol. The molecule has 2 aliphatic rings. The summed E-state index contributed by atoms with van der Waals surface area (Å²) < 4.78 is 5.39. The highest BCUT2D eigenvalue weighted by Crippen LogP contribution is 2.22. The Balaban J connectivity index is 1.84. The highest BCUT2D eigenvalue weighted by molar-refractivity contribution is 5.74. The summed E-state index contributed by atoms with van der Waals surface area (Å²) >= 11 is 0. The molecule has 4 nitrogen and oxygen atoms in total. The molecule has 1 amide bonds. The number of likely N-dealkylation sites (tertiary alicyclic amines) is 1. The summed E-state index contributed by atoms with van der Waals surface area (Å²) in [6, 6.07) is 1.25. The smallest absolute Gasteiger partial charge is 0.219 e. The first kappa shape index (κ1) is 11.9. The molecular formula is C12H22N2O2.